The first-order chi connectivity index (χ1) is 49.8. The highest BCUT2D eigenvalue weighted by molar-refractivity contribution is 6.82. The number of hydrogen-bond acceptors (Lipinski definition) is 4. The number of ether oxygens (including phenoxy) is 2. The molecule has 10 rings (SSSR count). The number of rotatable bonds is 20. The van der Waals surface area contributed by atoms with Crippen molar-refractivity contribution in [2.24, 2.45) is 21.7 Å². The molecule has 109 heavy (non-hydrogen) atoms. The van der Waals surface area contributed by atoms with Crippen molar-refractivity contribution in [1.82, 2.24) is 0 Å². The molecule has 2 N–H and O–H groups in total. The lowest BCUT2D eigenvalue weighted by Gasteiger charge is -2.39. The maximum Gasteiger partial charge on any atom is 0.146 e. The molecular formula is C104H140O4Si. The summed E-state index contributed by atoms with van der Waals surface area (Å²) in [6.45, 7) is 77.4. The molecule has 4 nitrogen and oxygen atoms in total. The Kier molecular flexibility index (Phi) is 22.6. The van der Waals surface area contributed by atoms with Crippen LogP contribution in [-0.2, 0) is 37.9 Å². The van der Waals surface area contributed by atoms with Crippen LogP contribution in [0, 0.1) is 21.7 Å². The molecule has 0 aromatic heterocycles. The number of hydrogen-bond donors (Lipinski definition) is 2. The number of benzene rings is 10. The van der Waals surface area contributed by atoms with E-state index in [1.54, 1.807) is 0 Å². The molecule has 584 valence electrons. The van der Waals surface area contributed by atoms with Crippen molar-refractivity contribution in [2.45, 2.75) is 303 Å². The molecule has 10 aromatic rings. The minimum Gasteiger partial charge on any atom is -0.507 e. The summed E-state index contributed by atoms with van der Waals surface area (Å²) in [5.74, 6) is 2.01. The minimum atomic E-state index is -2.77. The molecule has 0 spiro atoms. The molecule has 0 bridgehead atoms. The third kappa shape index (κ3) is 18.4. The van der Waals surface area contributed by atoms with Crippen molar-refractivity contribution < 1.29 is 19.7 Å². The molecule has 0 saturated heterocycles. The summed E-state index contributed by atoms with van der Waals surface area (Å²) in [5.41, 5.74) is 14.7. The molecule has 0 amide bonds. The molecule has 10 aromatic carbocycles. The molecule has 0 unspecified atom stereocenters. The zero-order valence-corrected chi connectivity index (χ0v) is 75.0. The Morgan fingerprint density at radius 3 is 0.844 bits per heavy atom. The first-order valence-electron chi connectivity index (χ1n) is 41.1. The predicted octanol–water partition coefficient (Wildman–Crippen LogP) is 30.9. The normalized spacial score (nSPS) is 13.8. The van der Waals surface area contributed by atoms with Gasteiger partial charge in [-0.3, -0.25) is 0 Å². The van der Waals surface area contributed by atoms with Gasteiger partial charge in [-0.05, 0) is 257 Å². The van der Waals surface area contributed by atoms with Crippen molar-refractivity contribution in [3.8, 4) is 67.5 Å². The second-order valence-corrected chi connectivity index (χ2v) is 50.0. The van der Waals surface area contributed by atoms with Crippen LogP contribution < -0.4 is 9.47 Å². The van der Waals surface area contributed by atoms with Gasteiger partial charge in [0.1, 0.15) is 31.1 Å². The van der Waals surface area contributed by atoms with Gasteiger partial charge < -0.3 is 19.7 Å². The van der Waals surface area contributed by atoms with Gasteiger partial charge in [-0.1, -0.05) is 301 Å². The molecule has 0 fully saturated rings. The fourth-order valence-electron chi connectivity index (χ4n) is 19.1. The molecule has 0 saturated carbocycles. The zero-order chi connectivity index (χ0) is 81.1. The van der Waals surface area contributed by atoms with Crippen LogP contribution in [0.4, 0.5) is 0 Å². The maximum atomic E-state index is 14.1. The summed E-state index contributed by atoms with van der Waals surface area (Å²) in [5, 5.41) is 37.1. The monoisotopic (exact) mass is 1480 g/mol. The van der Waals surface area contributed by atoms with Crippen molar-refractivity contribution in [1.29, 1.82) is 0 Å². The second kappa shape index (κ2) is 29.3. The Labute approximate surface area is 662 Å². The Morgan fingerprint density at radius 1 is 0.275 bits per heavy atom. The third-order valence-electron chi connectivity index (χ3n) is 24.0. The van der Waals surface area contributed by atoms with Crippen molar-refractivity contribution >= 4 is 51.2 Å². The summed E-state index contributed by atoms with van der Waals surface area (Å²) < 4.78 is 15.6. The van der Waals surface area contributed by atoms with E-state index in [2.05, 4.69) is 380 Å². The van der Waals surface area contributed by atoms with Gasteiger partial charge in [0.05, 0.1) is 12.5 Å². The highest BCUT2D eigenvalue weighted by atomic mass is 28.3. The molecule has 0 aliphatic carbocycles. The minimum absolute atomic E-state index is 0.00242. The summed E-state index contributed by atoms with van der Waals surface area (Å²) >= 11 is 0. The van der Waals surface area contributed by atoms with Crippen LogP contribution in [0.3, 0.4) is 0 Å². The molecule has 0 atom stereocenters. The van der Waals surface area contributed by atoms with Crippen LogP contribution in [-0.4, -0.2) is 30.7 Å². The molecule has 5 heteroatoms. The third-order valence-corrected chi connectivity index (χ3v) is 30.0. The number of aromatic hydroxyl groups is 2. The molecular weight excluding hydrogens is 1340 g/mol. The van der Waals surface area contributed by atoms with Crippen molar-refractivity contribution in [2.75, 3.05) is 12.5 Å². The average molecular weight is 1480 g/mol. The first-order valence-corrected chi connectivity index (χ1v) is 43.7. The van der Waals surface area contributed by atoms with E-state index in [-0.39, 0.29) is 82.1 Å². The van der Waals surface area contributed by atoms with E-state index in [0.29, 0.717) is 12.5 Å². The van der Waals surface area contributed by atoms with E-state index in [1.807, 2.05) is 0 Å². The molecule has 0 radical (unpaired) electrons. The van der Waals surface area contributed by atoms with E-state index in [1.165, 1.54) is 38.9 Å². The second-order valence-electron chi connectivity index (χ2n) is 44.6. The fraction of sp³-hybridized carbons (Fsp3) is 0.500. The highest BCUT2D eigenvalue weighted by Crippen LogP contribution is 2.55. The van der Waals surface area contributed by atoms with Crippen LogP contribution in [0.2, 0.25) is 11.1 Å². The summed E-state index contributed by atoms with van der Waals surface area (Å²) in [6.07, 6.45) is 4.67. The van der Waals surface area contributed by atoms with Crippen LogP contribution in [0.25, 0.3) is 87.6 Å². The van der Waals surface area contributed by atoms with Gasteiger partial charge in [0.25, 0.3) is 0 Å². The SMILES string of the molecule is CC(C)[Si](COc1ccc(C(C)(C)CC(C)(C)C)cc1-c1cc(C(C)(C)CC(C)(C)C)cc(-c2c3ccccc3cc3ccc(C(C)(C)C)cc23)c1O)(COc1ccc(C(C)(C)CC(C)(C)C)cc1-c1cc(C(C)(C)CC(C)(C)C)cc(-c2c3cc(C(C)(C)C)ccc3cc3ccc(C(C)(C)C)cc23)c1O)C(C)C. The maximum absolute atomic E-state index is 14.1. The lowest BCUT2D eigenvalue weighted by molar-refractivity contribution is 0.283. The first kappa shape index (κ1) is 84.1. The topological polar surface area (TPSA) is 58.9 Å². The van der Waals surface area contributed by atoms with E-state index >= 15 is 0 Å². The smallest absolute Gasteiger partial charge is 0.146 e. The van der Waals surface area contributed by atoms with Gasteiger partial charge in [0, 0.05) is 44.5 Å². The number of phenols is 2. The average Bonchev–Trinajstić information content (AvgIpc) is 0.737. The van der Waals surface area contributed by atoms with Gasteiger partial charge in [0.15, 0.2) is 0 Å². The Balaban J connectivity index is 1.22. The molecule has 0 aliphatic rings. The van der Waals surface area contributed by atoms with Gasteiger partial charge >= 0.3 is 0 Å². The fourth-order valence-corrected chi connectivity index (χ4v) is 22.7. The number of phenolic OH excluding ortho intramolecular Hbond substituents is 2. The van der Waals surface area contributed by atoms with Crippen LogP contribution in [0.1, 0.15) is 293 Å². The quantitative estimate of drug-likeness (QED) is 0.0590. The van der Waals surface area contributed by atoms with Crippen molar-refractivity contribution in [3.63, 3.8) is 0 Å². The Hall–Kier alpha value is -7.34. The lowest BCUT2D eigenvalue weighted by Crippen LogP contribution is -2.53. The Bertz CT molecular complexity index is 4950. The summed E-state index contributed by atoms with van der Waals surface area (Å²) in [6, 6.07) is 57.4. The lowest BCUT2D eigenvalue weighted by atomic mass is 9.70. The largest absolute Gasteiger partial charge is 0.507 e. The highest BCUT2D eigenvalue weighted by Gasteiger charge is 2.44. The van der Waals surface area contributed by atoms with Gasteiger partial charge in [-0.2, -0.15) is 0 Å². The summed E-state index contributed by atoms with van der Waals surface area (Å²) in [4.78, 5) is 0. The van der Waals surface area contributed by atoms with E-state index in [9.17, 15) is 10.2 Å². The van der Waals surface area contributed by atoms with Gasteiger partial charge in [-0.25, -0.2) is 0 Å². The zero-order valence-electron chi connectivity index (χ0n) is 74.0. The number of fused-ring (bicyclic) bond motifs is 4. The molecule has 0 heterocycles. The summed E-state index contributed by atoms with van der Waals surface area (Å²) in [7, 11) is -2.77. The van der Waals surface area contributed by atoms with E-state index in [4.69, 9.17) is 9.47 Å². The van der Waals surface area contributed by atoms with Gasteiger partial charge in [-0.15, -0.1) is 0 Å². The standard InChI is InChI=1S/C104H140O4Si/c1-65(2)109(66(3)4,63-107-88-46-44-74(101(26,27)59-94(5,6)7)53-82(88)84-55-76(103(30,31)61-96(11,12)13)57-86(92(84)105)90-78-37-35-34-36-67(78)48-68-38-41-71(50-79(68)90)98(17,18)19)64-108-89-47-45-75(102(28,29)60-95(8,9)10)54-83(89)85-56-77(104(32,33)62-97(14,15)16)58-87(93(85)106)91-80-51-72(99(20,21)22)42-39-69(80)49-70-40-43-73(52-81(70)91)100(23,24)25/h34-58,65-66,105-106H,59-64H2,1-33H3. The Morgan fingerprint density at radius 2 is 0.541 bits per heavy atom. The van der Waals surface area contributed by atoms with Crippen molar-refractivity contribution in [3.05, 3.63) is 191 Å². The van der Waals surface area contributed by atoms with Crippen LogP contribution in [0.15, 0.2) is 152 Å². The van der Waals surface area contributed by atoms with E-state index < -0.39 is 8.07 Å². The van der Waals surface area contributed by atoms with Crippen LogP contribution in [0.5, 0.6) is 23.0 Å². The molecule has 0 aliphatic heterocycles. The predicted molar refractivity (Wildman–Crippen MR) is 479 cm³/mol. The van der Waals surface area contributed by atoms with Crippen LogP contribution >= 0.6 is 0 Å². The van der Waals surface area contributed by atoms with E-state index in [0.717, 1.165) is 125 Å². The van der Waals surface area contributed by atoms with Gasteiger partial charge in [0.2, 0.25) is 0 Å².